The monoisotopic (exact) mass is 314 g/mol. The average Bonchev–Trinajstić information content (AvgIpc) is 3.21. The number of nitrogens with zero attached hydrogens (tertiary/aromatic N) is 2. The molecule has 4 heteroatoms. The van der Waals surface area contributed by atoms with Gasteiger partial charge in [-0.15, -0.1) is 11.3 Å². The summed E-state index contributed by atoms with van der Waals surface area (Å²) < 4.78 is 6.28. The standard InChI is InChI=1S/C18H22N2OS/c1-3-15(12-19-7-1)16-11-18(21-14-16)5-8-20(9-6-18)13-17-4-2-10-22-17/h1-4,7,10,12,16H,5-6,8-9,11,13-14H2. The van der Waals surface area contributed by atoms with Gasteiger partial charge in [0.15, 0.2) is 0 Å². The minimum Gasteiger partial charge on any atom is -0.374 e. The van der Waals surface area contributed by atoms with E-state index in [1.165, 1.54) is 10.4 Å². The van der Waals surface area contributed by atoms with Gasteiger partial charge in [0.1, 0.15) is 0 Å². The molecular formula is C18H22N2OS. The molecule has 4 heterocycles. The second-order valence-electron chi connectivity index (χ2n) is 6.54. The van der Waals surface area contributed by atoms with Gasteiger partial charge < -0.3 is 4.74 Å². The summed E-state index contributed by atoms with van der Waals surface area (Å²) >= 11 is 1.86. The number of thiophene rings is 1. The van der Waals surface area contributed by atoms with Crippen molar-refractivity contribution in [3.05, 3.63) is 52.5 Å². The highest BCUT2D eigenvalue weighted by molar-refractivity contribution is 7.09. The summed E-state index contributed by atoms with van der Waals surface area (Å²) in [5, 5.41) is 2.17. The molecule has 2 aliphatic rings. The van der Waals surface area contributed by atoms with Crippen LogP contribution in [0, 0.1) is 0 Å². The molecule has 2 aliphatic heterocycles. The highest BCUT2D eigenvalue weighted by atomic mass is 32.1. The maximum Gasteiger partial charge on any atom is 0.0713 e. The number of hydrogen-bond acceptors (Lipinski definition) is 4. The first kappa shape index (κ1) is 14.4. The van der Waals surface area contributed by atoms with E-state index in [0.717, 1.165) is 45.5 Å². The van der Waals surface area contributed by atoms with Crippen LogP contribution in [0.3, 0.4) is 0 Å². The van der Waals surface area contributed by atoms with Gasteiger partial charge in [0, 0.05) is 42.8 Å². The second-order valence-corrected chi connectivity index (χ2v) is 7.57. The van der Waals surface area contributed by atoms with Gasteiger partial charge in [0.2, 0.25) is 0 Å². The van der Waals surface area contributed by atoms with E-state index in [1.807, 2.05) is 29.8 Å². The molecule has 1 unspecified atom stereocenters. The molecule has 0 aromatic carbocycles. The van der Waals surface area contributed by atoms with E-state index in [1.54, 1.807) is 0 Å². The maximum atomic E-state index is 6.28. The fourth-order valence-electron chi connectivity index (χ4n) is 3.77. The Labute approximate surface area is 135 Å². The highest BCUT2D eigenvalue weighted by Gasteiger charge is 2.43. The first-order valence-electron chi connectivity index (χ1n) is 8.12. The van der Waals surface area contributed by atoms with E-state index in [9.17, 15) is 0 Å². The number of aromatic nitrogens is 1. The Morgan fingerprint density at radius 3 is 2.91 bits per heavy atom. The normalized spacial score (nSPS) is 24.8. The third kappa shape index (κ3) is 2.96. The molecule has 2 fully saturated rings. The van der Waals surface area contributed by atoms with Gasteiger partial charge in [-0.2, -0.15) is 0 Å². The zero-order valence-corrected chi connectivity index (χ0v) is 13.6. The summed E-state index contributed by atoms with van der Waals surface area (Å²) in [7, 11) is 0. The lowest BCUT2D eigenvalue weighted by atomic mass is 9.83. The predicted octanol–water partition coefficient (Wildman–Crippen LogP) is 3.68. The van der Waals surface area contributed by atoms with Crippen molar-refractivity contribution in [2.45, 2.75) is 37.3 Å². The van der Waals surface area contributed by atoms with Crippen LogP contribution >= 0.6 is 11.3 Å². The Bertz CT molecular complexity index is 591. The third-order valence-corrected chi connectivity index (χ3v) is 5.95. The molecule has 116 valence electrons. The molecule has 0 amide bonds. The molecule has 0 N–H and O–H groups in total. The predicted molar refractivity (Wildman–Crippen MR) is 89.1 cm³/mol. The molecule has 2 aromatic rings. The van der Waals surface area contributed by atoms with Crippen molar-refractivity contribution in [1.82, 2.24) is 9.88 Å². The lowest BCUT2D eigenvalue weighted by Gasteiger charge is -2.38. The van der Waals surface area contributed by atoms with Crippen LogP contribution < -0.4 is 0 Å². The van der Waals surface area contributed by atoms with Crippen molar-refractivity contribution >= 4 is 11.3 Å². The number of pyridine rings is 1. The smallest absolute Gasteiger partial charge is 0.0713 e. The van der Waals surface area contributed by atoms with Crippen molar-refractivity contribution in [3.63, 3.8) is 0 Å². The van der Waals surface area contributed by atoms with Crippen molar-refractivity contribution in [3.8, 4) is 0 Å². The van der Waals surface area contributed by atoms with Crippen molar-refractivity contribution < 1.29 is 4.74 Å². The van der Waals surface area contributed by atoms with Gasteiger partial charge in [-0.25, -0.2) is 0 Å². The third-order valence-electron chi connectivity index (χ3n) is 5.09. The largest absolute Gasteiger partial charge is 0.374 e. The Kier molecular flexibility index (Phi) is 3.99. The Morgan fingerprint density at radius 1 is 1.27 bits per heavy atom. The van der Waals surface area contributed by atoms with Gasteiger partial charge in [0.25, 0.3) is 0 Å². The summed E-state index contributed by atoms with van der Waals surface area (Å²) in [6.07, 6.45) is 7.33. The van der Waals surface area contributed by atoms with Gasteiger partial charge in [-0.05, 0) is 42.3 Å². The first-order valence-corrected chi connectivity index (χ1v) is 9.00. The number of hydrogen-bond donors (Lipinski definition) is 0. The molecular weight excluding hydrogens is 292 g/mol. The van der Waals surface area contributed by atoms with Crippen LogP contribution in [0.2, 0.25) is 0 Å². The molecule has 2 aromatic heterocycles. The molecule has 0 bridgehead atoms. The lowest BCUT2D eigenvalue weighted by molar-refractivity contribution is -0.0447. The van der Waals surface area contributed by atoms with Crippen LogP contribution in [0.25, 0.3) is 0 Å². The van der Waals surface area contributed by atoms with E-state index in [-0.39, 0.29) is 5.60 Å². The fraction of sp³-hybridized carbons (Fsp3) is 0.500. The summed E-state index contributed by atoms with van der Waals surface area (Å²) in [5.41, 5.74) is 1.45. The van der Waals surface area contributed by atoms with Crippen LogP contribution in [0.4, 0.5) is 0 Å². The minimum absolute atomic E-state index is 0.118. The molecule has 1 spiro atoms. The summed E-state index contributed by atoms with van der Waals surface area (Å²) in [6.45, 7) is 4.26. The fourth-order valence-corrected chi connectivity index (χ4v) is 4.51. The number of piperidine rings is 1. The Morgan fingerprint density at radius 2 is 2.18 bits per heavy atom. The zero-order chi connectivity index (χ0) is 14.8. The van der Waals surface area contributed by atoms with Crippen LogP contribution in [-0.4, -0.2) is 35.2 Å². The Balaban J connectivity index is 1.35. The van der Waals surface area contributed by atoms with Crippen molar-refractivity contribution in [1.29, 1.82) is 0 Å². The van der Waals surface area contributed by atoms with E-state index in [0.29, 0.717) is 5.92 Å². The van der Waals surface area contributed by atoms with E-state index in [4.69, 9.17) is 4.74 Å². The van der Waals surface area contributed by atoms with Crippen molar-refractivity contribution in [2.24, 2.45) is 0 Å². The topological polar surface area (TPSA) is 25.4 Å². The van der Waals surface area contributed by atoms with Gasteiger partial charge in [0.05, 0.1) is 12.2 Å². The van der Waals surface area contributed by atoms with Gasteiger partial charge in [-0.3, -0.25) is 9.88 Å². The minimum atomic E-state index is 0.118. The first-order chi connectivity index (χ1) is 10.8. The lowest BCUT2D eigenvalue weighted by Crippen LogP contribution is -2.43. The number of ether oxygens (including phenoxy) is 1. The summed E-state index contributed by atoms with van der Waals surface area (Å²) in [6, 6.07) is 8.60. The van der Waals surface area contributed by atoms with Gasteiger partial charge >= 0.3 is 0 Å². The molecule has 2 saturated heterocycles. The van der Waals surface area contributed by atoms with E-state index >= 15 is 0 Å². The SMILES string of the molecule is c1cncc(C2COC3(CCN(Cc4cccs4)CC3)C2)c1. The number of rotatable bonds is 3. The van der Waals surface area contributed by atoms with Crippen molar-refractivity contribution in [2.75, 3.05) is 19.7 Å². The zero-order valence-electron chi connectivity index (χ0n) is 12.8. The second kappa shape index (κ2) is 6.11. The molecule has 4 rings (SSSR count). The maximum absolute atomic E-state index is 6.28. The van der Waals surface area contributed by atoms with Crippen LogP contribution in [0.1, 0.15) is 35.6 Å². The van der Waals surface area contributed by atoms with E-state index in [2.05, 4.69) is 33.5 Å². The van der Waals surface area contributed by atoms with E-state index < -0.39 is 0 Å². The van der Waals surface area contributed by atoms with Crippen LogP contribution in [0.5, 0.6) is 0 Å². The quantitative estimate of drug-likeness (QED) is 0.864. The molecule has 3 nitrogen and oxygen atoms in total. The molecule has 0 aliphatic carbocycles. The van der Waals surface area contributed by atoms with Gasteiger partial charge in [-0.1, -0.05) is 12.1 Å². The molecule has 0 saturated carbocycles. The highest BCUT2D eigenvalue weighted by Crippen LogP contribution is 2.42. The number of likely N-dealkylation sites (tertiary alicyclic amines) is 1. The van der Waals surface area contributed by atoms with Crippen LogP contribution in [0.15, 0.2) is 42.0 Å². The molecule has 0 radical (unpaired) electrons. The molecule has 22 heavy (non-hydrogen) atoms. The average molecular weight is 314 g/mol. The summed E-state index contributed by atoms with van der Waals surface area (Å²) in [4.78, 5) is 8.29. The summed E-state index contributed by atoms with van der Waals surface area (Å²) in [5.74, 6) is 0.526. The Hall–Kier alpha value is -1.23. The van der Waals surface area contributed by atoms with Crippen LogP contribution in [-0.2, 0) is 11.3 Å². The molecule has 1 atom stereocenters.